The predicted octanol–water partition coefficient (Wildman–Crippen LogP) is 3.56. The van der Waals surface area contributed by atoms with Crippen LogP contribution in [-0.2, 0) is 5.54 Å². The van der Waals surface area contributed by atoms with Crippen LogP contribution in [0.25, 0.3) is 17.1 Å². The highest BCUT2D eigenvalue weighted by molar-refractivity contribution is 5.59. The van der Waals surface area contributed by atoms with Crippen LogP contribution >= 0.6 is 0 Å². The van der Waals surface area contributed by atoms with E-state index in [4.69, 9.17) is 0 Å². The maximum atomic E-state index is 13.5. The van der Waals surface area contributed by atoms with Crippen molar-refractivity contribution in [3.8, 4) is 17.1 Å². The number of hydrogen-bond donors (Lipinski definition) is 2. The maximum absolute atomic E-state index is 13.5. The molecule has 3 rings (SSSR count). The monoisotopic (exact) mass is 413 g/mol. The van der Waals surface area contributed by atoms with Crippen LogP contribution in [0.3, 0.4) is 0 Å². The van der Waals surface area contributed by atoms with Gasteiger partial charge >= 0.3 is 5.69 Å². The summed E-state index contributed by atoms with van der Waals surface area (Å²) in [6.45, 7) is 10.9. The third-order valence-corrected chi connectivity index (χ3v) is 5.41. The van der Waals surface area contributed by atoms with Crippen LogP contribution in [-0.4, -0.2) is 35.9 Å². The van der Waals surface area contributed by atoms with Crippen molar-refractivity contribution in [1.82, 2.24) is 19.1 Å². The summed E-state index contributed by atoms with van der Waals surface area (Å²) in [5, 5.41) is 13.8. The Morgan fingerprint density at radius 3 is 2.30 bits per heavy atom. The Kier molecular flexibility index (Phi) is 5.56. The Labute approximate surface area is 175 Å². The number of rotatable bonds is 6. The molecule has 0 radical (unpaired) electrons. The molecule has 0 fully saturated rings. The van der Waals surface area contributed by atoms with Gasteiger partial charge in [0.1, 0.15) is 5.82 Å². The first-order valence-electron chi connectivity index (χ1n) is 9.85. The van der Waals surface area contributed by atoms with Gasteiger partial charge in [-0.3, -0.25) is 9.13 Å². The largest absolute Gasteiger partial charge is 0.388 e. The zero-order valence-electron chi connectivity index (χ0n) is 18.1. The molecule has 7 nitrogen and oxygen atoms in total. The maximum Gasteiger partial charge on any atom is 0.333 e. The Balaban J connectivity index is 2.28. The van der Waals surface area contributed by atoms with Crippen LogP contribution < -0.4 is 11.0 Å². The molecule has 3 aromatic rings. The summed E-state index contributed by atoms with van der Waals surface area (Å²) in [6.07, 6.45) is 3.29. The van der Waals surface area contributed by atoms with Crippen LogP contribution in [0, 0.1) is 5.82 Å². The van der Waals surface area contributed by atoms with E-state index in [2.05, 4.69) is 15.3 Å². The Bertz CT molecular complexity index is 1090. The summed E-state index contributed by atoms with van der Waals surface area (Å²) in [5.41, 5.74) is -0.924. The van der Waals surface area contributed by atoms with Crippen LogP contribution in [0.5, 0.6) is 0 Å². The van der Waals surface area contributed by atoms with Gasteiger partial charge in [0.25, 0.3) is 0 Å². The van der Waals surface area contributed by atoms with Crippen LogP contribution in [0.4, 0.5) is 10.3 Å². The number of anilines is 1. The van der Waals surface area contributed by atoms with Gasteiger partial charge in [-0.25, -0.2) is 19.2 Å². The lowest BCUT2D eigenvalue weighted by molar-refractivity contribution is -0.0279. The lowest BCUT2D eigenvalue weighted by atomic mass is 9.86. The molecule has 0 aliphatic carbocycles. The van der Waals surface area contributed by atoms with Crippen LogP contribution in [0.1, 0.15) is 41.5 Å². The van der Waals surface area contributed by atoms with Crippen molar-refractivity contribution in [2.75, 3.05) is 5.32 Å². The highest BCUT2D eigenvalue weighted by Crippen LogP contribution is 2.31. The highest BCUT2D eigenvalue weighted by atomic mass is 19.1. The third-order valence-electron chi connectivity index (χ3n) is 5.41. The smallest absolute Gasteiger partial charge is 0.333 e. The molecular formula is C22H28FN5O2. The molecule has 0 aliphatic heterocycles. The minimum Gasteiger partial charge on any atom is -0.388 e. The topological polar surface area (TPSA) is 85.0 Å². The van der Waals surface area contributed by atoms with E-state index in [1.807, 2.05) is 13.8 Å². The molecule has 0 unspecified atom stereocenters. The van der Waals surface area contributed by atoms with Crippen molar-refractivity contribution in [2.24, 2.45) is 0 Å². The van der Waals surface area contributed by atoms with Crippen molar-refractivity contribution < 1.29 is 9.50 Å². The van der Waals surface area contributed by atoms with Crippen molar-refractivity contribution >= 4 is 5.95 Å². The predicted molar refractivity (Wildman–Crippen MR) is 115 cm³/mol. The molecule has 2 heterocycles. The first kappa shape index (κ1) is 21.7. The van der Waals surface area contributed by atoms with Gasteiger partial charge in [0.2, 0.25) is 5.95 Å². The number of benzene rings is 1. The van der Waals surface area contributed by atoms with E-state index in [-0.39, 0.29) is 11.7 Å². The molecule has 2 aromatic heterocycles. The normalized spacial score (nSPS) is 12.4. The quantitative estimate of drug-likeness (QED) is 0.645. The fourth-order valence-electron chi connectivity index (χ4n) is 2.99. The molecule has 0 saturated heterocycles. The minimum absolute atomic E-state index is 0.137. The lowest BCUT2D eigenvalue weighted by Gasteiger charge is -2.37. The second-order valence-electron chi connectivity index (χ2n) is 8.66. The van der Waals surface area contributed by atoms with Crippen molar-refractivity contribution in [2.45, 2.75) is 58.7 Å². The fraction of sp³-hybridized carbons (Fsp3) is 0.409. The summed E-state index contributed by atoms with van der Waals surface area (Å²) in [4.78, 5) is 22.3. The Morgan fingerprint density at radius 2 is 1.73 bits per heavy atom. The first-order valence-corrected chi connectivity index (χ1v) is 9.85. The summed E-state index contributed by atoms with van der Waals surface area (Å²) in [7, 11) is 0. The molecule has 0 saturated carbocycles. The number of aromatic nitrogens is 4. The van der Waals surface area contributed by atoms with Crippen LogP contribution in [0.15, 0.2) is 47.5 Å². The van der Waals surface area contributed by atoms with E-state index >= 15 is 0 Å². The van der Waals surface area contributed by atoms with Gasteiger partial charge in [-0.05, 0) is 71.9 Å². The van der Waals surface area contributed by atoms with Crippen molar-refractivity contribution in [1.29, 1.82) is 0 Å². The number of hydrogen-bond acceptors (Lipinski definition) is 5. The second-order valence-corrected chi connectivity index (χ2v) is 8.66. The van der Waals surface area contributed by atoms with E-state index in [1.165, 1.54) is 33.4 Å². The molecule has 0 amide bonds. The SMILES string of the molecule is CC(C)Nc1nccc(-c2cn(C(C)(C)C(C)(C)O)c(=O)n2-c2ccc(F)cc2)n1. The van der Waals surface area contributed by atoms with Gasteiger partial charge in [-0.15, -0.1) is 0 Å². The van der Waals surface area contributed by atoms with Gasteiger partial charge in [0, 0.05) is 18.4 Å². The average Bonchev–Trinajstić information content (AvgIpc) is 2.99. The highest BCUT2D eigenvalue weighted by Gasteiger charge is 2.39. The van der Waals surface area contributed by atoms with E-state index in [9.17, 15) is 14.3 Å². The van der Waals surface area contributed by atoms with Gasteiger partial charge in [-0.2, -0.15) is 0 Å². The molecule has 1 aromatic carbocycles. The zero-order chi connectivity index (χ0) is 22.3. The van der Waals surface area contributed by atoms with E-state index < -0.39 is 17.0 Å². The molecular weight excluding hydrogens is 385 g/mol. The van der Waals surface area contributed by atoms with Gasteiger partial charge in [0.05, 0.1) is 28.2 Å². The fourth-order valence-corrected chi connectivity index (χ4v) is 2.99. The third kappa shape index (κ3) is 4.00. The molecule has 8 heteroatoms. The number of halogens is 1. The summed E-state index contributed by atoms with van der Waals surface area (Å²) in [6, 6.07) is 7.53. The van der Waals surface area contributed by atoms with Gasteiger partial charge in [0.15, 0.2) is 0 Å². The molecule has 0 atom stereocenters. The Hall–Kier alpha value is -3.00. The number of nitrogens with zero attached hydrogens (tertiary/aromatic N) is 4. The molecule has 0 bridgehead atoms. The molecule has 30 heavy (non-hydrogen) atoms. The minimum atomic E-state index is -1.18. The average molecular weight is 413 g/mol. The van der Waals surface area contributed by atoms with E-state index in [1.54, 1.807) is 46.2 Å². The van der Waals surface area contributed by atoms with E-state index in [0.717, 1.165) is 0 Å². The summed E-state index contributed by atoms with van der Waals surface area (Å²) in [5.74, 6) is 0.0464. The summed E-state index contributed by atoms with van der Waals surface area (Å²) >= 11 is 0. The number of imidazole rings is 1. The molecule has 160 valence electrons. The zero-order valence-corrected chi connectivity index (χ0v) is 18.1. The molecule has 2 N–H and O–H groups in total. The first-order chi connectivity index (χ1) is 13.9. The van der Waals surface area contributed by atoms with Gasteiger partial charge < -0.3 is 10.4 Å². The van der Waals surface area contributed by atoms with Gasteiger partial charge in [-0.1, -0.05) is 0 Å². The van der Waals surface area contributed by atoms with Crippen molar-refractivity contribution in [3.63, 3.8) is 0 Å². The van der Waals surface area contributed by atoms with E-state index in [0.29, 0.717) is 23.0 Å². The van der Waals surface area contributed by atoms with Crippen LogP contribution in [0.2, 0.25) is 0 Å². The van der Waals surface area contributed by atoms with Crippen molar-refractivity contribution in [3.05, 3.63) is 59.0 Å². The standard InChI is InChI=1S/C22H28FN5O2/c1-14(2)25-19-24-12-11-17(26-19)18-13-27(21(3,4)22(5,6)30)20(29)28(18)16-9-7-15(23)8-10-16/h7-14,30H,1-6H3,(H,24,25,26). The second kappa shape index (κ2) is 7.68. The Morgan fingerprint density at radius 1 is 1.10 bits per heavy atom. The summed E-state index contributed by atoms with van der Waals surface area (Å²) < 4.78 is 16.5. The number of nitrogens with one attached hydrogen (secondary N) is 1. The molecule has 0 spiro atoms. The number of aliphatic hydroxyl groups is 1. The lowest BCUT2D eigenvalue weighted by Crippen LogP contribution is -2.51. The molecule has 0 aliphatic rings.